The van der Waals surface area contributed by atoms with E-state index in [4.69, 9.17) is 11.6 Å². The summed E-state index contributed by atoms with van der Waals surface area (Å²) >= 11 is 8.99. The predicted molar refractivity (Wildman–Crippen MR) is 83.0 cm³/mol. The minimum absolute atomic E-state index is 0.00928. The number of alkyl halides is 1. The average molecular weight is 381 g/mol. The number of carbonyl (C=O) groups excluding carboxylic acids is 1. The van der Waals surface area contributed by atoms with Crippen LogP contribution in [-0.2, 0) is 0 Å². The van der Waals surface area contributed by atoms with Crippen LogP contribution in [0.25, 0.3) is 0 Å². The molecule has 2 rings (SSSR count). The van der Waals surface area contributed by atoms with Crippen molar-refractivity contribution in [2.75, 3.05) is 11.9 Å². The lowest BCUT2D eigenvalue weighted by atomic mass is 9.75. The van der Waals surface area contributed by atoms with Crippen molar-refractivity contribution in [3.8, 4) is 0 Å². The number of carbonyl (C=O) groups is 1. The second-order valence-corrected chi connectivity index (χ2v) is 6.59. The zero-order chi connectivity index (χ0) is 15.5. The summed E-state index contributed by atoms with van der Waals surface area (Å²) in [6.07, 6.45) is 5.52. The van der Waals surface area contributed by atoms with Crippen molar-refractivity contribution in [1.82, 2.24) is 5.32 Å². The van der Waals surface area contributed by atoms with E-state index in [1.165, 1.54) is 6.42 Å². The van der Waals surface area contributed by atoms with Crippen molar-refractivity contribution in [2.45, 2.75) is 32.1 Å². The smallest absolute Gasteiger partial charge is 0.254 e. The van der Waals surface area contributed by atoms with Gasteiger partial charge in [-0.05, 0) is 30.4 Å². The van der Waals surface area contributed by atoms with E-state index in [9.17, 15) is 13.6 Å². The predicted octanol–water partition coefficient (Wildman–Crippen LogP) is 4.69. The number of hydrogen-bond acceptors (Lipinski definition) is 1. The van der Waals surface area contributed by atoms with Gasteiger partial charge in [-0.1, -0.05) is 46.8 Å². The Kier molecular flexibility index (Phi) is 5.60. The lowest BCUT2D eigenvalue weighted by molar-refractivity contribution is 0.0917. The van der Waals surface area contributed by atoms with E-state index in [0.717, 1.165) is 43.1 Å². The van der Waals surface area contributed by atoms with Gasteiger partial charge < -0.3 is 5.32 Å². The third-order valence-electron chi connectivity index (χ3n) is 4.08. The number of amides is 1. The van der Waals surface area contributed by atoms with Crippen molar-refractivity contribution < 1.29 is 13.6 Å². The molecular formula is C15H17BrClF2NO. The van der Waals surface area contributed by atoms with Gasteiger partial charge in [0, 0.05) is 11.9 Å². The minimum Gasteiger partial charge on any atom is -0.351 e. The summed E-state index contributed by atoms with van der Waals surface area (Å²) < 4.78 is 27.1. The first-order valence-electron chi connectivity index (χ1n) is 6.96. The second-order valence-electron chi connectivity index (χ2n) is 5.62. The van der Waals surface area contributed by atoms with Gasteiger partial charge in [0.2, 0.25) is 0 Å². The Bertz CT molecular complexity index is 533. The maximum Gasteiger partial charge on any atom is 0.254 e. The molecule has 2 nitrogen and oxygen atoms in total. The Hall–Kier alpha value is -0.680. The Morgan fingerprint density at radius 1 is 1.24 bits per heavy atom. The van der Waals surface area contributed by atoms with E-state index in [1.54, 1.807) is 0 Å². The van der Waals surface area contributed by atoms with Crippen LogP contribution in [0.1, 0.15) is 42.5 Å². The number of hydrogen-bond donors (Lipinski definition) is 1. The van der Waals surface area contributed by atoms with E-state index in [0.29, 0.717) is 6.54 Å². The molecule has 1 saturated carbocycles. The molecule has 1 amide bonds. The highest BCUT2D eigenvalue weighted by Crippen LogP contribution is 2.37. The molecule has 0 bridgehead atoms. The summed E-state index contributed by atoms with van der Waals surface area (Å²) in [4.78, 5) is 12.1. The largest absolute Gasteiger partial charge is 0.351 e. The third kappa shape index (κ3) is 3.95. The average Bonchev–Trinajstić information content (AvgIpc) is 2.49. The number of halogens is 4. The molecule has 0 unspecified atom stereocenters. The summed E-state index contributed by atoms with van der Waals surface area (Å²) in [6.45, 7) is 0.459. The van der Waals surface area contributed by atoms with Crippen LogP contribution in [-0.4, -0.2) is 17.8 Å². The SMILES string of the molecule is O=C(NCC1(CBr)CCCCC1)c1cc(F)c(Cl)cc1F. The molecule has 6 heteroatoms. The Labute approximate surface area is 136 Å². The maximum atomic E-state index is 13.7. The second kappa shape index (κ2) is 7.05. The molecule has 1 aromatic rings. The molecule has 1 aliphatic rings. The fourth-order valence-electron chi connectivity index (χ4n) is 2.72. The molecule has 0 aliphatic heterocycles. The normalized spacial score (nSPS) is 17.5. The quantitative estimate of drug-likeness (QED) is 0.596. The first kappa shape index (κ1) is 16.7. The van der Waals surface area contributed by atoms with E-state index in [1.807, 2.05) is 0 Å². The van der Waals surface area contributed by atoms with Crippen molar-refractivity contribution in [3.63, 3.8) is 0 Å². The third-order valence-corrected chi connectivity index (χ3v) is 5.56. The van der Waals surface area contributed by atoms with Crippen molar-refractivity contribution >= 4 is 33.4 Å². The first-order valence-corrected chi connectivity index (χ1v) is 8.46. The fourth-order valence-corrected chi connectivity index (χ4v) is 3.63. The van der Waals surface area contributed by atoms with Crippen LogP contribution < -0.4 is 5.32 Å². The molecule has 0 radical (unpaired) electrons. The first-order chi connectivity index (χ1) is 9.97. The molecule has 0 aromatic heterocycles. The molecule has 0 atom stereocenters. The zero-order valence-electron chi connectivity index (χ0n) is 11.5. The molecule has 0 spiro atoms. The lowest BCUT2D eigenvalue weighted by Gasteiger charge is -2.35. The van der Waals surface area contributed by atoms with E-state index < -0.39 is 17.5 Å². The van der Waals surface area contributed by atoms with Gasteiger partial charge in [0.25, 0.3) is 5.91 Å². The Balaban J connectivity index is 2.06. The van der Waals surface area contributed by atoms with Gasteiger partial charge >= 0.3 is 0 Å². The van der Waals surface area contributed by atoms with E-state index >= 15 is 0 Å². The van der Waals surface area contributed by atoms with E-state index in [2.05, 4.69) is 21.2 Å². The molecule has 21 heavy (non-hydrogen) atoms. The molecule has 0 saturated heterocycles. The number of rotatable bonds is 4. The molecule has 1 aliphatic carbocycles. The molecule has 1 N–H and O–H groups in total. The highest BCUT2D eigenvalue weighted by atomic mass is 79.9. The fraction of sp³-hybridized carbons (Fsp3) is 0.533. The van der Waals surface area contributed by atoms with Crippen LogP contribution in [0.2, 0.25) is 5.02 Å². The van der Waals surface area contributed by atoms with Crippen LogP contribution in [0, 0.1) is 17.0 Å². The van der Waals surface area contributed by atoms with Crippen LogP contribution in [0.4, 0.5) is 8.78 Å². The van der Waals surface area contributed by atoms with Crippen molar-refractivity contribution in [1.29, 1.82) is 0 Å². The Morgan fingerprint density at radius 2 is 1.90 bits per heavy atom. The molecular weight excluding hydrogens is 364 g/mol. The Morgan fingerprint density at radius 3 is 2.52 bits per heavy atom. The van der Waals surface area contributed by atoms with Gasteiger partial charge in [0.05, 0.1) is 10.6 Å². The molecule has 0 heterocycles. The summed E-state index contributed by atoms with van der Waals surface area (Å²) in [7, 11) is 0. The number of benzene rings is 1. The van der Waals surface area contributed by atoms with Gasteiger partial charge in [-0.2, -0.15) is 0 Å². The minimum atomic E-state index is -0.810. The van der Waals surface area contributed by atoms with E-state index in [-0.39, 0.29) is 16.0 Å². The lowest BCUT2D eigenvalue weighted by Crippen LogP contribution is -2.40. The highest BCUT2D eigenvalue weighted by molar-refractivity contribution is 9.09. The maximum absolute atomic E-state index is 13.7. The summed E-state index contributed by atoms with van der Waals surface area (Å²) in [5.74, 6) is -2.21. The molecule has 1 aromatic carbocycles. The van der Waals surface area contributed by atoms with Crippen molar-refractivity contribution in [3.05, 3.63) is 34.4 Å². The molecule has 116 valence electrons. The highest BCUT2D eigenvalue weighted by Gasteiger charge is 2.31. The zero-order valence-corrected chi connectivity index (χ0v) is 13.9. The van der Waals surface area contributed by atoms with Gasteiger partial charge in [-0.25, -0.2) is 8.78 Å². The van der Waals surface area contributed by atoms with Crippen LogP contribution >= 0.6 is 27.5 Å². The monoisotopic (exact) mass is 379 g/mol. The van der Waals surface area contributed by atoms with Gasteiger partial charge in [-0.3, -0.25) is 4.79 Å². The van der Waals surface area contributed by atoms with Crippen LogP contribution in [0.15, 0.2) is 12.1 Å². The summed E-state index contributed by atoms with van der Waals surface area (Å²) in [6, 6.07) is 1.67. The number of nitrogens with one attached hydrogen (secondary N) is 1. The standard InChI is InChI=1S/C15H17BrClF2NO/c16-8-15(4-2-1-3-5-15)9-20-14(21)10-6-13(19)11(17)7-12(10)18/h6-7H,1-5,8-9H2,(H,20,21). The van der Waals surface area contributed by atoms with Gasteiger partial charge in [-0.15, -0.1) is 0 Å². The summed E-state index contributed by atoms with van der Waals surface area (Å²) in [5.41, 5.74) is -0.299. The van der Waals surface area contributed by atoms with Crippen molar-refractivity contribution in [2.24, 2.45) is 5.41 Å². The molecule has 1 fully saturated rings. The summed E-state index contributed by atoms with van der Waals surface area (Å²) in [5, 5.41) is 3.19. The topological polar surface area (TPSA) is 29.1 Å². The van der Waals surface area contributed by atoms with Crippen LogP contribution in [0.3, 0.4) is 0 Å². The van der Waals surface area contributed by atoms with Crippen LogP contribution in [0.5, 0.6) is 0 Å². The van der Waals surface area contributed by atoms with Gasteiger partial charge in [0.15, 0.2) is 0 Å². The van der Waals surface area contributed by atoms with Gasteiger partial charge in [0.1, 0.15) is 11.6 Å².